The zero-order chi connectivity index (χ0) is 14.0. The standard InChI is InChI=1S/C16H18N2O/c1-10-7-11(2)15(12(3)8-10)18-16(19)14-5-6-17-9-13(14)4/h5-9H,1-4H3,(H,18,19). The van der Waals surface area contributed by atoms with Crippen LogP contribution in [0.25, 0.3) is 0 Å². The van der Waals surface area contributed by atoms with Crippen LogP contribution in [-0.2, 0) is 0 Å². The van der Waals surface area contributed by atoms with Gasteiger partial charge in [-0.15, -0.1) is 0 Å². The maximum atomic E-state index is 12.3. The van der Waals surface area contributed by atoms with Gasteiger partial charge < -0.3 is 5.32 Å². The zero-order valence-corrected chi connectivity index (χ0v) is 11.7. The first-order chi connectivity index (χ1) is 8.99. The fourth-order valence-corrected chi connectivity index (χ4v) is 2.29. The number of pyridine rings is 1. The highest BCUT2D eigenvalue weighted by atomic mass is 16.1. The molecule has 0 fully saturated rings. The summed E-state index contributed by atoms with van der Waals surface area (Å²) in [5.74, 6) is -0.0880. The van der Waals surface area contributed by atoms with Crippen molar-refractivity contribution >= 4 is 11.6 Å². The van der Waals surface area contributed by atoms with Crippen LogP contribution in [0.4, 0.5) is 5.69 Å². The molecule has 0 atom stereocenters. The van der Waals surface area contributed by atoms with Crippen molar-refractivity contribution in [2.75, 3.05) is 5.32 Å². The molecule has 0 unspecified atom stereocenters. The lowest BCUT2D eigenvalue weighted by Gasteiger charge is -2.13. The Bertz CT molecular complexity index is 609. The Morgan fingerprint density at radius 1 is 1.05 bits per heavy atom. The van der Waals surface area contributed by atoms with Gasteiger partial charge in [-0.2, -0.15) is 0 Å². The van der Waals surface area contributed by atoms with Crippen LogP contribution in [0.15, 0.2) is 30.6 Å². The number of hydrogen-bond acceptors (Lipinski definition) is 2. The largest absolute Gasteiger partial charge is 0.321 e. The Kier molecular flexibility index (Phi) is 3.65. The van der Waals surface area contributed by atoms with Crippen LogP contribution >= 0.6 is 0 Å². The van der Waals surface area contributed by atoms with Crippen molar-refractivity contribution in [3.05, 3.63) is 58.4 Å². The summed E-state index contributed by atoms with van der Waals surface area (Å²) in [6.45, 7) is 7.96. The monoisotopic (exact) mass is 254 g/mol. The lowest BCUT2D eigenvalue weighted by Crippen LogP contribution is -2.15. The van der Waals surface area contributed by atoms with Crippen molar-refractivity contribution in [3.8, 4) is 0 Å². The van der Waals surface area contributed by atoms with E-state index in [1.807, 2.05) is 20.8 Å². The first kappa shape index (κ1) is 13.3. The van der Waals surface area contributed by atoms with Gasteiger partial charge in [0.1, 0.15) is 0 Å². The van der Waals surface area contributed by atoms with Crippen LogP contribution in [0.1, 0.15) is 32.6 Å². The first-order valence-electron chi connectivity index (χ1n) is 6.29. The molecule has 0 aliphatic rings. The van der Waals surface area contributed by atoms with Crippen LogP contribution < -0.4 is 5.32 Å². The van der Waals surface area contributed by atoms with E-state index < -0.39 is 0 Å². The lowest BCUT2D eigenvalue weighted by molar-refractivity contribution is 0.102. The van der Waals surface area contributed by atoms with E-state index in [2.05, 4.69) is 29.4 Å². The molecule has 0 saturated carbocycles. The minimum Gasteiger partial charge on any atom is -0.321 e. The van der Waals surface area contributed by atoms with Gasteiger partial charge in [0.2, 0.25) is 0 Å². The van der Waals surface area contributed by atoms with Crippen LogP contribution in [-0.4, -0.2) is 10.9 Å². The third-order valence-corrected chi connectivity index (χ3v) is 3.18. The second kappa shape index (κ2) is 5.22. The number of benzene rings is 1. The predicted molar refractivity (Wildman–Crippen MR) is 77.6 cm³/mol. The van der Waals surface area contributed by atoms with Gasteiger partial charge in [-0.1, -0.05) is 17.7 Å². The van der Waals surface area contributed by atoms with Crippen molar-refractivity contribution < 1.29 is 4.79 Å². The van der Waals surface area contributed by atoms with Gasteiger partial charge in [-0.3, -0.25) is 9.78 Å². The third-order valence-electron chi connectivity index (χ3n) is 3.18. The molecule has 2 rings (SSSR count). The molecule has 1 aromatic carbocycles. The highest BCUT2D eigenvalue weighted by Crippen LogP contribution is 2.22. The van der Waals surface area contributed by atoms with Crippen LogP contribution in [0, 0.1) is 27.7 Å². The van der Waals surface area contributed by atoms with Gasteiger partial charge in [0.05, 0.1) is 0 Å². The van der Waals surface area contributed by atoms with Gasteiger partial charge in [0.15, 0.2) is 0 Å². The molecule has 1 amide bonds. The first-order valence-corrected chi connectivity index (χ1v) is 6.29. The highest BCUT2D eigenvalue weighted by molar-refractivity contribution is 6.05. The van der Waals surface area contributed by atoms with Gasteiger partial charge in [0.25, 0.3) is 5.91 Å². The zero-order valence-electron chi connectivity index (χ0n) is 11.7. The molecule has 1 aromatic heterocycles. The second-order valence-corrected chi connectivity index (χ2v) is 4.92. The molecule has 19 heavy (non-hydrogen) atoms. The van der Waals surface area contributed by atoms with E-state index in [9.17, 15) is 4.79 Å². The lowest BCUT2D eigenvalue weighted by atomic mass is 10.0. The Morgan fingerprint density at radius 2 is 1.68 bits per heavy atom. The third kappa shape index (κ3) is 2.81. The second-order valence-electron chi connectivity index (χ2n) is 4.92. The van der Waals surface area contributed by atoms with Crippen LogP contribution in [0.5, 0.6) is 0 Å². The van der Waals surface area contributed by atoms with E-state index >= 15 is 0 Å². The van der Waals surface area contributed by atoms with E-state index in [-0.39, 0.29) is 5.91 Å². The summed E-state index contributed by atoms with van der Waals surface area (Å²) in [5.41, 5.74) is 5.80. The summed E-state index contributed by atoms with van der Waals surface area (Å²) in [6, 6.07) is 5.88. The van der Waals surface area contributed by atoms with Gasteiger partial charge in [-0.25, -0.2) is 0 Å². The Labute approximate surface area is 113 Å². The number of amides is 1. The maximum Gasteiger partial charge on any atom is 0.256 e. The average molecular weight is 254 g/mol. The number of nitrogens with one attached hydrogen (secondary N) is 1. The maximum absolute atomic E-state index is 12.3. The topological polar surface area (TPSA) is 42.0 Å². The van der Waals surface area contributed by atoms with Crippen molar-refractivity contribution in [1.29, 1.82) is 0 Å². The van der Waals surface area contributed by atoms with E-state index in [0.717, 1.165) is 22.4 Å². The molecule has 3 nitrogen and oxygen atoms in total. The molecular weight excluding hydrogens is 236 g/mol. The van der Waals surface area contributed by atoms with Crippen molar-refractivity contribution in [1.82, 2.24) is 4.98 Å². The van der Waals surface area contributed by atoms with Crippen LogP contribution in [0.3, 0.4) is 0 Å². The van der Waals surface area contributed by atoms with Crippen molar-refractivity contribution in [3.63, 3.8) is 0 Å². The summed E-state index contributed by atoms with van der Waals surface area (Å²) in [4.78, 5) is 16.3. The fraction of sp³-hybridized carbons (Fsp3) is 0.250. The van der Waals surface area contributed by atoms with E-state index in [1.54, 1.807) is 18.5 Å². The average Bonchev–Trinajstić information content (AvgIpc) is 2.34. The summed E-state index contributed by atoms with van der Waals surface area (Å²) in [7, 11) is 0. The Balaban J connectivity index is 2.32. The smallest absolute Gasteiger partial charge is 0.256 e. The SMILES string of the molecule is Cc1cc(C)c(NC(=O)c2ccncc2C)c(C)c1. The molecule has 0 aliphatic carbocycles. The molecule has 0 aliphatic heterocycles. The molecule has 1 N–H and O–H groups in total. The number of carbonyl (C=O) groups excluding carboxylic acids is 1. The summed E-state index contributed by atoms with van der Waals surface area (Å²) in [6.07, 6.45) is 3.33. The molecular formula is C16H18N2O. The molecule has 98 valence electrons. The number of rotatable bonds is 2. The fourth-order valence-electron chi connectivity index (χ4n) is 2.29. The van der Waals surface area contributed by atoms with Crippen molar-refractivity contribution in [2.45, 2.75) is 27.7 Å². The summed E-state index contributed by atoms with van der Waals surface area (Å²) >= 11 is 0. The normalized spacial score (nSPS) is 10.3. The van der Waals surface area contributed by atoms with Gasteiger partial charge in [-0.05, 0) is 50.5 Å². The number of hydrogen-bond donors (Lipinski definition) is 1. The van der Waals surface area contributed by atoms with Crippen molar-refractivity contribution in [2.24, 2.45) is 0 Å². The molecule has 1 heterocycles. The number of carbonyl (C=O) groups is 1. The summed E-state index contributed by atoms with van der Waals surface area (Å²) < 4.78 is 0. The summed E-state index contributed by atoms with van der Waals surface area (Å²) in [5, 5.41) is 3.00. The Morgan fingerprint density at radius 3 is 2.26 bits per heavy atom. The number of aromatic nitrogens is 1. The molecule has 0 bridgehead atoms. The molecule has 0 saturated heterocycles. The molecule has 3 heteroatoms. The minimum atomic E-state index is -0.0880. The number of anilines is 1. The molecule has 0 spiro atoms. The predicted octanol–water partition coefficient (Wildman–Crippen LogP) is 3.57. The van der Waals surface area contributed by atoms with E-state index in [4.69, 9.17) is 0 Å². The number of nitrogens with zero attached hydrogens (tertiary/aromatic N) is 1. The number of aryl methyl sites for hydroxylation is 4. The quantitative estimate of drug-likeness (QED) is 0.890. The highest BCUT2D eigenvalue weighted by Gasteiger charge is 2.12. The molecule has 0 radical (unpaired) electrons. The molecule has 2 aromatic rings. The van der Waals surface area contributed by atoms with Crippen LogP contribution in [0.2, 0.25) is 0 Å². The Hall–Kier alpha value is -2.16. The van der Waals surface area contributed by atoms with Gasteiger partial charge in [0, 0.05) is 23.6 Å². The van der Waals surface area contributed by atoms with E-state index in [0.29, 0.717) is 5.56 Å². The van der Waals surface area contributed by atoms with Gasteiger partial charge >= 0.3 is 0 Å². The minimum absolute atomic E-state index is 0.0880. The van der Waals surface area contributed by atoms with E-state index in [1.165, 1.54) is 5.56 Å².